The summed E-state index contributed by atoms with van der Waals surface area (Å²) in [6, 6.07) is 7.40. The Bertz CT molecular complexity index is 798. The topological polar surface area (TPSA) is 82.8 Å². The highest BCUT2D eigenvalue weighted by atomic mass is 35.5. The third-order valence-corrected chi connectivity index (χ3v) is 4.31. The maximum Gasteiger partial charge on any atom is 0.261 e. The number of anilines is 1. The quantitative estimate of drug-likeness (QED) is 0.945. The number of sulfonamides is 1. The molecule has 0 saturated carbocycles. The van der Waals surface area contributed by atoms with Crippen LogP contribution in [-0.2, 0) is 10.0 Å². The van der Waals surface area contributed by atoms with Crippen LogP contribution in [0.25, 0.3) is 0 Å². The highest BCUT2D eigenvalue weighted by Crippen LogP contribution is 2.23. The number of halogens is 1. The van der Waals surface area contributed by atoms with Crippen LogP contribution >= 0.6 is 11.6 Å². The lowest BCUT2D eigenvalue weighted by Gasteiger charge is -2.10. The molecule has 2 rings (SSSR count). The van der Waals surface area contributed by atoms with Crippen LogP contribution in [0.15, 0.2) is 41.6 Å². The molecular formula is C13H10ClN3O2S. The molecule has 102 valence electrons. The van der Waals surface area contributed by atoms with Crippen LogP contribution in [0.4, 0.5) is 5.69 Å². The molecule has 0 aliphatic heterocycles. The summed E-state index contributed by atoms with van der Waals surface area (Å²) in [4.78, 5) is 3.89. The molecule has 20 heavy (non-hydrogen) atoms. The SMILES string of the molecule is Cc1cnccc1NS(=O)(=O)c1ccc(C#N)c(Cl)c1. The van der Waals surface area contributed by atoms with Gasteiger partial charge in [-0.1, -0.05) is 11.6 Å². The highest BCUT2D eigenvalue weighted by Gasteiger charge is 2.16. The van der Waals surface area contributed by atoms with E-state index in [1.807, 2.05) is 6.07 Å². The highest BCUT2D eigenvalue weighted by molar-refractivity contribution is 7.92. The van der Waals surface area contributed by atoms with Crippen molar-refractivity contribution in [3.8, 4) is 6.07 Å². The average molecular weight is 308 g/mol. The Balaban J connectivity index is 2.39. The summed E-state index contributed by atoms with van der Waals surface area (Å²) in [6.45, 7) is 1.75. The summed E-state index contributed by atoms with van der Waals surface area (Å²) in [5.41, 5.74) is 1.38. The molecule has 1 aromatic heterocycles. The van der Waals surface area contributed by atoms with Crippen molar-refractivity contribution in [2.45, 2.75) is 11.8 Å². The lowest BCUT2D eigenvalue weighted by Crippen LogP contribution is -2.14. The Morgan fingerprint density at radius 3 is 2.70 bits per heavy atom. The van der Waals surface area contributed by atoms with Crippen LogP contribution in [0.2, 0.25) is 5.02 Å². The number of aryl methyl sites for hydroxylation is 1. The van der Waals surface area contributed by atoms with Crippen molar-refractivity contribution >= 4 is 27.3 Å². The fourth-order valence-electron chi connectivity index (χ4n) is 1.55. The molecule has 0 atom stereocenters. The number of aromatic nitrogens is 1. The third-order valence-electron chi connectivity index (χ3n) is 2.64. The number of hydrogen-bond donors (Lipinski definition) is 1. The first kappa shape index (κ1) is 14.3. The first-order valence-electron chi connectivity index (χ1n) is 5.57. The van der Waals surface area contributed by atoms with Crippen LogP contribution in [0.3, 0.4) is 0 Å². The largest absolute Gasteiger partial charge is 0.279 e. The molecule has 0 fully saturated rings. The third kappa shape index (κ3) is 2.90. The smallest absolute Gasteiger partial charge is 0.261 e. The van der Waals surface area contributed by atoms with Gasteiger partial charge in [-0.3, -0.25) is 9.71 Å². The van der Waals surface area contributed by atoms with Gasteiger partial charge in [0.05, 0.1) is 21.2 Å². The van der Waals surface area contributed by atoms with Crippen molar-refractivity contribution < 1.29 is 8.42 Å². The molecule has 0 amide bonds. The molecule has 1 heterocycles. The summed E-state index contributed by atoms with van der Waals surface area (Å²) >= 11 is 5.85. The normalized spacial score (nSPS) is 10.8. The minimum atomic E-state index is -3.75. The van der Waals surface area contributed by atoms with Crippen LogP contribution in [0.1, 0.15) is 11.1 Å². The molecule has 0 bridgehead atoms. The van der Waals surface area contributed by atoms with E-state index in [2.05, 4.69) is 9.71 Å². The van der Waals surface area contributed by atoms with Gasteiger partial charge in [0, 0.05) is 12.4 Å². The van der Waals surface area contributed by atoms with Crippen molar-refractivity contribution in [1.82, 2.24) is 4.98 Å². The molecule has 0 unspecified atom stereocenters. The van der Waals surface area contributed by atoms with Crippen molar-refractivity contribution in [3.05, 3.63) is 52.8 Å². The first-order valence-corrected chi connectivity index (χ1v) is 7.43. The zero-order valence-corrected chi connectivity index (χ0v) is 12.0. The minimum Gasteiger partial charge on any atom is -0.279 e. The van der Waals surface area contributed by atoms with Crippen LogP contribution in [0.5, 0.6) is 0 Å². The maximum absolute atomic E-state index is 12.2. The van der Waals surface area contributed by atoms with Crippen LogP contribution < -0.4 is 4.72 Å². The number of hydrogen-bond acceptors (Lipinski definition) is 4. The Morgan fingerprint density at radius 1 is 1.35 bits per heavy atom. The van der Waals surface area contributed by atoms with Crippen LogP contribution in [-0.4, -0.2) is 13.4 Å². The molecular weight excluding hydrogens is 298 g/mol. The van der Waals surface area contributed by atoms with E-state index in [1.54, 1.807) is 19.2 Å². The van der Waals surface area contributed by atoms with Gasteiger partial charge in [-0.2, -0.15) is 5.26 Å². The van der Waals surface area contributed by atoms with Gasteiger partial charge in [-0.05, 0) is 36.8 Å². The van der Waals surface area contributed by atoms with E-state index in [-0.39, 0.29) is 15.5 Å². The molecule has 5 nitrogen and oxygen atoms in total. The zero-order chi connectivity index (χ0) is 14.8. The minimum absolute atomic E-state index is 0.00212. The predicted molar refractivity (Wildman–Crippen MR) is 75.9 cm³/mol. The van der Waals surface area contributed by atoms with Crippen molar-refractivity contribution in [1.29, 1.82) is 5.26 Å². The van der Waals surface area contributed by atoms with E-state index in [1.165, 1.54) is 24.4 Å². The first-order chi connectivity index (χ1) is 9.44. The standard InChI is InChI=1S/C13H10ClN3O2S/c1-9-8-16-5-4-13(9)17-20(18,19)11-3-2-10(7-15)12(14)6-11/h2-6,8H,1H3,(H,16,17). The molecule has 0 spiro atoms. The predicted octanol–water partition coefficient (Wildman–Crippen LogP) is 2.72. The van der Waals surface area contributed by atoms with Crippen molar-refractivity contribution in [3.63, 3.8) is 0 Å². The number of nitrogens with one attached hydrogen (secondary N) is 1. The van der Waals surface area contributed by atoms with E-state index in [0.717, 1.165) is 0 Å². The molecule has 0 saturated heterocycles. The fraction of sp³-hybridized carbons (Fsp3) is 0.0769. The van der Waals surface area contributed by atoms with E-state index < -0.39 is 10.0 Å². The second-order valence-corrected chi connectivity index (χ2v) is 6.14. The summed E-state index contributed by atoms with van der Waals surface area (Å²) < 4.78 is 26.9. The lowest BCUT2D eigenvalue weighted by atomic mass is 10.2. The number of pyridine rings is 1. The Kier molecular flexibility index (Phi) is 3.93. The average Bonchev–Trinajstić information content (AvgIpc) is 2.41. The van der Waals surface area contributed by atoms with E-state index in [9.17, 15) is 8.42 Å². The zero-order valence-electron chi connectivity index (χ0n) is 10.5. The molecule has 0 radical (unpaired) electrons. The molecule has 2 aromatic rings. The molecule has 1 aromatic carbocycles. The van der Waals surface area contributed by atoms with E-state index in [4.69, 9.17) is 16.9 Å². The van der Waals surface area contributed by atoms with E-state index >= 15 is 0 Å². The van der Waals surface area contributed by atoms with E-state index in [0.29, 0.717) is 11.3 Å². The van der Waals surface area contributed by atoms with Gasteiger partial charge in [0.15, 0.2) is 0 Å². The van der Waals surface area contributed by atoms with Gasteiger partial charge < -0.3 is 0 Å². The second-order valence-electron chi connectivity index (χ2n) is 4.05. The Morgan fingerprint density at radius 2 is 2.10 bits per heavy atom. The monoisotopic (exact) mass is 307 g/mol. The summed E-state index contributed by atoms with van der Waals surface area (Å²) in [5.74, 6) is 0. The Labute approximate surface area is 121 Å². The number of benzene rings is 1. The van der Waals surface area contributed by atoms with Gasteiger partial charge in [0.2, 0.25) is 0 Å². The fourth-order valence-corrected chi connectivity index (χ4v) is 2.99. The van der Waals surface area contributed by atoms with Crippen molar-refractivity contribution in [2.75, 3.05) is 4.72 Å². The van der Waals surface area contributed by atoms with Gasteiger partial charge >= 0.3 is 0 Å². The van der Waals surface area contributed by atoms with Crippen LogP contribution in [0, 0.1) is 18.3 Å². The molecule has 0 aliphatic rings. The number of nitriles is 1. The summed E-state index contributed by atoms with van der Waals surface area (Å²) in [7, 11) is -3.75. The molecule has 0 aliphatic carbocycles. The summed E-state index contributed by atoms with van der Waals surface area (Å²) in [6.07, 6.45) is 3.06. The van der Waals surface area contributed by atoms with Gasteiger partial charge in [-0.25, -0.2) is 8.42 Å². The number of nitrogens with zero attached hydrogens (tertiary/aromatic N) is 2. The second kappa shape index (κ2) is 5.49. The maximum atomic E-state index is 12.2. The van der Waals surface area contributed by atoms with Gasteiger partial charge in [0.25, 0.3) is 10.0 Å². The lowest BCUT2D eigenvalue weighted by molar-refractivity contribution is 0.601. The van der Waals surface area contributed by atoms with Crippen molar-refractivity contribution in [2.24, 2.45) is 0 Å². The number of rotatable bonds is 3. The molecule has 7 heteroatoms. The molecule has 1 N–H and O–H groups in total. The summed E-state index contributed by atoms with van der Waals surface area (Å²) in [5, 5.41) is 8.88. The van der Waals surface area contributed by atoms with Gasteiger partial charge in [0.1, 0.15) is 6.07 Å². The van der Waals surface area contributed by atoms with Gasteiger partial charge in [-0.15, -0.1) is 0 Å². The Hall–Kier alpha value is -2.10.